The van der Waals surface area contributed by atoms with Crippen molar-refractivity contribution in [2.45, 2.75) is 26.2 Å². The fraction of sp³-hybridized carbons (Fsp3) is 1.00. The van der Waals surface area contributed by atoms with E-state index in [1.807, 2.05) is 13.8 Å². The number of rotatable bonds is 9. The Hall–Kier alpha value is -0.200. The standard InChI is InChI=1S/C9H20O5/c1-8(2)14-9(11)7-13-6-5-12-4-3-10/h8-11H,3-7H2,1-2H3. The predicted octanol–water partition coefficient (Wildman–Crippen LogP) is -0.245. The molecule has 0 rings (SSSR count). The van der Waals surface area contributed by atoms with E-state index in [0.29, 0.717) is 19.8 Å². The first-order chi connectivity index (χ1) is 6.66. The van der Waals surface area contributed by atoms with Crippen LogP contribution >= 0.6 is 0 Å². The highest BCUT2D eigenvalue weighted by atomic mass is 16.6. The summed E-state index contributed by atoms with van der Waals surface area (Å²) in [6.07, 6.45) is -0.896. The second-order valence-corrected chi connectivity index (χ2v) is 3.05. The smallest absolute Gasteiger partial charge is 0.178 e. The van der Waals surface area contributed by atoms with E-state index >= 15 is 0 Å². The molecule has 0 aromatic carbocycles. The van der Waals surface area contributed by atoms with Crippen LogP contribution in [0.15, 0.2) is 0 Å². The molecule has 0 saturated carbocycles. The number of hydrogen-bond acceptors (Lipinski definition) is 5. The van der Waals surface area contributed by atoms with Crippen molar-refractivity contribution in [3.05, 3.63) is 0 Å². The summed E-state index contributed by atoms with van der Waals surface area (Å²) in [5, 5.41) is 17.6. The molecule has 5 nitrogen and oxygen atoms in total. The van der Waals surface area contributed by atoms with Crippen molar-refractivity contribution in [1.82, 2.24) is 0 Å². The van der Waals surface area contributed by atoms with Gasteiger partial charge in [0.2, 0.25) is 0 Å². The van der Waals surface area contributed by atoms with Crippen LogP contribution in [0.25, 0.3) is 0 Å². The molecular formula is C9H20O5. The molecule has 0 heterocycles. The highest BCUT2D eigenvalue weighted by Crippen LogP contribution is 1.94. The summed E-state index contributed by atoms with van der Waals surface area (Å²) in [7, 11) is 0. The molecule has 0 spiro atoms. The van der Waals surface area contributed by atoms with E-state index < -0.39 is 6.29 Å². The minimum Gasteiger partial charge on any atom is -0.394 e. The third-order valence-corrected chi connectivity index (χ3v) is 1.30. The van der Waals surface area contributed by atoms with Crippen molar-refractivity contribution in [2.75, 3.05) is 33.0 Å². The van der Waals surface area contributed by atoms with Gasteiger partial charge in [0.15, 0.2) is 6.29 Å². The Morgan fingerprint density at radius 3 is 2.29 bits per heavy atom. The zero-order valence-electron chi connectivity index (χ0n) is 8.81. The molecule has 86 valence electrons. The molecule has 0 aromatic heterocycles. The number of aliphatic hydroxyl groups is 2. The Morgan fingerprint density at radius 2 is 1.71 bits per heavy atom. The zero-order valence-corrected chi connectivity index (χ0v) is 8.81. The Labute approximate surface area is 84.6 Å². The molecule has 5 heteroatoms. The van der Waals surface area contributed by atoms with Gasteiger partial charge in [-0.15, -0.1) is 0 Å². The number of hydrogen-bond donors (Lipinski definition) is 2. The van der Waals surface area contributed by atoms with Crippen molar-refractivity contribution in [1.29, 1.82) is 0 Å². The number of aliphatic hydroxyl groups excluding tert-OH is 2. The summed E-state index contributed by atoms with van der Waals surface area (Å²) in [6, 6.07) is 0. The van der Waals surface area contributed by atoms with Gasteiger partial charge in [-0.3, -0.25) is 0 Å². The summed E-state index contributed by atoms with van der Waals surface area (Å²) in [5.74, 6) is 0. The van der Waals surface area contributed by atoms with Crippen molar-refractivity contribution in [3.8, 4) is 0 Å². The van der Waals surface area contributed by atoms with Crippen LogP contribution in [-0.2, 0) is 14.2 Å². The topological polar surface area (TPSA) is 68.2 Å². The molecule has 0 aliphatic rings. The molecule has 2 N–H and O–H groups in total. The molecule has 0 fully saturated rings. The summed E-state index contributed by atoms with van der Waals surface area (Å²) >= 11 is 0. The lowest BCUT2D eigenvalue weighted by Crippen LogP contribution is -2.23. The second kappa shape index (κ2) is 9.36. The van der Waals surface area contributed by atoms with Gasteiger partial charge in [-0.2, -0.15) is 0 Å². The molecule has 0 amide bonds. The van der Waals surface area contributed by atoms with Gasteiger partial charge in [0.1, 0.15) is 0 Å². The average Bonchev–Trinajstić information content (AvgIpc) is 2.10. The third kappa shape index (κ3) is 9.88. The lowest BCUT2D eigenvalue weighted by atomic mass is 10.5. The van der Waals surface area contributed by atoms with Gasteiger partial charge in [-0.25, -0.2) is 0 Å². The van der Waals surface area contributed by atoms with Gasteiger partial charge >= 0.3 is 0 Å². The SMILES string of the molecule is CC(C)OC(O)COCCOCCO. The van der Waals surface area contributed by atoms with Crippen LogP contribution < -0.4 is 0 Å². The van der Waals surface area contributed by atoms with Gasteiger partial charge in [-0.05, 0) is 13.8 Å². The first kappa shape index (κ1) is 13.8. The third-order valence-electron chi connectivity index (χ3n) is 1.30. The molecule has 0 aliphatic carbocycles. The lowest BCUT2D eigenvalue weighted by molar-refractivity contribution is -0.160. The maximum absolute atomic E-state index is 9.19. The van der Waals surface area contributed by atoms with E-state index in [-0.39, 0.29) is 19.3 Å². The maximum atomic E-state index is 9.19. The van der Waals surface area contributed by atoms with Crippen molar-refractivity contribution in [3.63, 3.8) is 0 Å². The predicted molar refractivity (Wildman–Crippen MR) is 51.0 cm³/mol. The Balaban J connectivity index is 3.10. The Morgan fingerprint density at radius 1 is 1.07 bits per heavy atom. The van der Waals surface area contributed by atoms with E-state index in [9.17, 15) is 5.11 Å². The van der Waals surface area contributed by atoms with E-state index in [0.717, 1.165) is 0 Å². The van der Waals surface area contributed by atoms with Crippen molar-refractivity contribution < 1.29 is 24.4 Å². The van der Waals surface area contributed by atoms with Gasteiger partial charge in [-0.1, -0.05) is 0 Å². The van der Waals surface area contributed by atoms with Gasteiger partial charge in [0.25, 0.3) is 0 Å². The van der Waals surface area contributed by atoms with E-state index in [4.69, 9.17) is 19.3 Å². The molecule has 0 bridgehead atoms. The first-order valence-electron chi connectivity index (χ1n) is 4.76. The first-order valence-corrected chi connectivity index (χ1v) is 4.76. The van der Waals surface area contributed by atoms with Gasteiger partial charge in [0.05, 0.1) is 39.1 Å². The number of ether oxygens (including phenoxy) is 3. The van der Waals surface area contributed by atoms with Crippen LogP contribution in [-0.4, -0.2) is 55.6 Å². The largest absolute Gasteiger partial charge is 0.394 e. The highest BCUT2D eigenvalue weighted by molar-refractivity contribution is 4.42. The average molecular weight is 208 g/mol. The van der Waals surface area contributed by atoms with E-state index in [1.54, 1.807) is 0 Å². The van der Waals surface area contributed by atoms with Crippen LogP contribution in [0.5, 0.6) is 0 Å². The van der Waals surface area contributed by atoms with Gasteiger partial charge < -0.3 is 24.4 Å². The van der Waals surface area contributed by atoms with Gasteiger partial charge in [0, 0.05) is 0 Å². The maximum Gasteiger partial charge on any atom is 0.178 e. The molecule has 1 atom stereocenters. The van der Waals surface area contributed by atoms with E-state index in [2.05, 4.69) is 0 Å². The zero-order chi connectivity index (χ0) is 10.8. The minimum absolute atomic E-state index is 0.0130. The monoisotopic (exact) mass is 208 g/mol. The summed E-state index contributed by atoms with van der Waals surface area (Å²) in [4.78, 5) is 0. The molecule has 0 aliphatic heterocycles. The fourth-order valence-corrected chi connectivity index (χ4v) is 0.822. The molecule has 0 aromatic rings. The van der Waals surface area contributed by atoms with Crippen LogP contribution in [0.1, 0.15) is 13.8 Å². The summed E-state index contributed by atoms with van der Waals surface area (Å²) in [6.45, 7) is 4.95. The molecule has 0 saturated heterocycles. The quantitative estimate of drug-likeness (QED) is 0.404. The summed E-state index contributed by atoms with van der Waals surface area (Å²) in [5.41, 5.74) is 0. The molecule has 0 radical (unpaired) electrons. The Bertz CT molecular complexity index is 118. The second-order valence-electron chi connectivity index (χ2n) is 3.05. The minimum atomic E-state index is -0.882. The molecule has 1 unspecified atom stereocenters. The fourth-order valence-electron chi connectivity index (χ4n) is 0.822. The van der Waals surface area contributed by atoms with Crippen LogP contribution in [0.4, 0.5) is 0 Å². The highest BCUT2D eigenvalue weighted by Gasteiger charge is 2.05. The normalized spacial score (nSPS) is 13.5. The molecule has 14 heavy (non-hydrogen) atoms. The van der Waals surface area contributed by atoms with E-state index in [1.165, 1.54) is 0 Å². The molecular weight excluding hydrogens is 188 g/mol. The van der Waals surface area contributed by atoms with Crippen molar-refractivity contribution >= 4 is 0 Å². The van der Waals surface area contributed by atoms with Crippen molar-refractivity contribution in [2.24, 2.45) is 0 Å². The summed E-state index contributed by atoms with van der Waals surface area (Å²) < 4.78 is 15.0. The van der Waals surface area contributed by atoms with Crippen LogP contribution in [0.3, 0.4) is 0 Å². The Kier molecular flexibility index (Phi) is 9.23. The lowest BCUT2D eigenvalue weighted by Gasteiger charge is -2.14. The van der Waals surface area contributed by atoms with Crippen LogP contribution in [0, 0.1) is 0 Å². The van der Waals surface area contributed by atoms with Crippen LogP contribution in [0.2, 0.25) is 0 Å².